The summed E-state index contributed by atoms with van der Waals surface area (Å²) in [6.45, 7) is 0. The molecule has 0 saturated carbocycles. The molecule has 0 bridgehead atoms. The molecule has 0 unspecified atom stereocenters. The van der Waals surface area contributed by atoms with Crippen LogP contribution in [0, 0.1) is 0 Å². The van der Waals surface area contributed by atoms with E-state index in [4.69, 9.17) is 5.11 Å². The first-order chi connectivity index (χ1) is 13.6. The summed E-state index contributed by atoms with van der Waals surface area (Å²) >= 11 is 1.68. The molecule has 0 aliphatic carbocycles. The minimum absolute atomic E-state index is 0.100. The van der Waals surface area contributed by atoms with Gasteiger partial charge in [0.25, 0.3) is 5.56 Å². The summed E-state index contributed by atoms with van der Waals surface area (Å²) in [5.41, 5.74) is 2.39. The smallest absolute Gasteiger partial charge is 0.303 e. The maximum absolute atomic E-state index is 12.5. The monoisotopic (exact) mass is 391 g/mol. The molecule has 4 rings (SSSR count). The Morgan fingerprint density at radius 3 is 2.50 bits per heavy atom. The molecule has 2 aromatic heterocycles. The van der Waals surface area contributed by atoms with Gasteiger partial charge in [-0.1, -0.05) is 42.1 Å². The van der Waals surface area contributed by atoms with Crippen LogP contribution in [-0.2, 0) is 11.2 Å². The number of aromatic nitrogens is 3. The van der Waals surface area contributed by atoms with E-state index in [1.165, 1.54) is 15.6 Å². The topological polar surface area (TPSA) is 87.5 Å². The molecule has 0 radical (unpaired) electrons. The first-order valence-corrected chi connectivity index (χ1v) is 9.56. The van der Waals surface area contributed by atoms with Crippen LogP contribution in [0.2, 0.25) is 0 Å². The van der Waals surface area contributed by atoms with Crippen LogP contribution in [0.15, 0.2) is 81.6 Å². The molecule has 28 heavy (non-hydrogen) atoms. The number of fused-ring (bicyclic) bond motifs is 1. The van der Waals surface area contributed by atoms with Crippen molar-refractivity contribution in [2.45, 2.75) is 22.6 Å². The highest BCUT2D eigenvalue weighted by molar-refractivity contribution is 7.99. The third-order valence-corrected chi connectivity index (χ3v) is 5.38. The number of nitrogens with one attached hydrogen (secondary N) is 1. The number of rotatable bonds is 6. The highest BCUT2D eigenvalue weighted by Crippen LogP contribution is 2.30. The molecular weight excluding hydrogens is 374 g/mol. The van der Waals surface area contributed by atoms with E-state index in [1.807, 2.05) is 42.5 Å². The van der Waals surface area contributed by atoms with E-state index in [0.717, 1.165) is 16.0 Å². The SMILES string of the molecule is O=C(O)CCc1cnc2c(-c3ccc(Sc4ccccc4)cc3)c[nH]n2c1=O. The number of benzene rings is 2. The third-order valence-electron chi connectivity index (χ3n) is 4.36. The normalized spacial score (nSPS) is 11.0. The Hall–Kier alpha value is -3.32. The van der Waals surface area contributed by atoms with Gasteiger partial charge in [-0.25, -0.2) is 9.50 Å². The Balaban J connectivity index is 1.61. The Bertz CT molecular complexity index is 1180. The van der Waals surface area contributed by atoms with E-state index in [2.05, 4.69) is 22.2 Å². The van der Waals surface area contributed by atoms with Crippen LogP contribution in [0.25, 0.3) is 16.8 Å². The number of H-pyrrole nitrogens is 1. The van der Waals surface area contributed by atoms with Crippen LogP contribution in [0.3, 0.4) is 0 Å². The van der Waals surface area contributed by atoms with Crippen molar-refractivity contribution in [3.05, 3.63) is 82.9 Å². The first-order valence-electron chi connectivity index (χ1n) is 8.75. The molecule has 0 spiro atoms. The number of aryl methyl sites for hydroxylation is 1. The van der Waals surface area contributed by atoms with Crippen molar-refractivity contribution in [1.29, 1.82) is 0 Å². The zero-order valence-electron chi connectivity index (χ0n) is 14.8. The standard InChI is InChI=1S/C21H17N3O3S/c25-19(26)11-8-15-12-22-20-18(13-23-24(20)21(15)27)14-6-9-17(10-7-14)28-16-4-2-1-3-5-16/h1-7,9-10,12-13,23H,8,11H2,(H,25,26). The van der Waals surface area contributed by atoms with Crippen molar-refractivity contribution in [2.24, 2.45) is 0 Å². The lowest BCUT2D eigenvalue weighted by Gasteiger charge is -2.04. The predicted octanol–water partition coefficient (Wildman–Crippen LogP) is 3.86. The summed E-state index contributed by atoms with van der Waals surface area (Å²) < 4.78 is 1.36. The molecule has 4 aromatic rings. The Labute approximate surface area is 164 Å². The number of hydrogen-bond donors (Lipinski definition) is 2. The van der Waals surface area contributed by atoms with E-state index in [-0.39, 0.29) is 18.4 Å². The number of carboxylic acids is 1. The summed E-state index contributed by atoms with van der Waals surface area (Å²) in [5, 5.41) is 11.7. The van der Waals surface area contributed by atoms with Crippen LogP contribution in [-0.4, -0.2) is 25.7 Å². The fourth-order valence-corrected chi connectivity index (χ4v) is 3.79. The van der Waals surface area contributed by atoms with Crippen molar-refractivity contribution >= 4 is 23.4 Å². The average molecular weight is 391 g/mol. The van der Waals surface area contributed by atoms with E-state index in [1.54, 1.807) is 18.0 Å². The molecule has 0 saturated heterocycles. The average Bonchev–Trinajstić information content (AvgIpc) is 3.14. The summed E-state index contributed by atoms with van der Waals surface area (Å²) in [5.74, 6) is -0.940. The van der Waals surface area contributed by atoms with Crippen LogP contribution >= 0.6 is 11.8 Å². The van der Waals surface area contributed by atoms with Gasteiger partial charge in [0, 0.05) is 39.7 Å². The molecule has 2 aromatic carbocycles. The van der Waals surface area contributed by atoms with Gasteiger partial charge in [-0.05, 0) is 36.2 Å². The Kier molecular flexibility index (Phi) is 4.99. The lowest BCUT2D eigenvalue weighted by molar-refractivity contribution is -0.136. The van der Waals surface area contributed by atoms with Gasteiger partial charge in [-0.3, -0.25) is 14.7 Å². The van der Waals surface area contributed by atoms with Gasteiger partial charge < -0.3 is 5.11 Å². The van der Waals surface area contributed by atoms with Gasteiger partial charge in [0.1, 0.15) is 0 Å². The predicted molar refractivity (Wildman–Crippen MR) is 108 cm³/mol. The highest BCUT2D eigenvalue weighted by Gasteiger charge is 2.12. The molecule has 0 amide bonds. The second-order valence-electron chi connectivity index (χ2n) is 6.27. The largest absolute Gasteiger partial charge is 0.481 e. The van der Waals surface area contributed by atoms with Gasteiger partial charge in [0.05, 0.1) is 0 Å². The van der Waals surface area contributed by atoms with Gasteiger partial charge in [-0.15, -0.1) is 0 Å². The summed E-state index contributed by atoms with van der Waals surface area (Å²) in [6, 6.07) is 18.2. The zero-order chi connectivity index (χ0) is 19.5. The van der Waals surface area contributed by atoms with E-state index in [0.29, 0.717) is 11.2 Å². The second kappa shape index (κ2) is 7.74. The third kappa shape index (κ3) is 3.70. The Morgan fingerprint density at radius 1 is 1.07 bits per heavy atom. The van der Waals surface area contributed by atoms with Gasteiger partial charge in [-0.2, -0.15) is 0 Å². The number of carboxylic acid groups (broad SMARTS) is 1. The van der Waals surface area contributed by atoms with Crippen LogP contribution < -0.4 is 5.56 Å². The van der Waals surface area contributed by atoms with Crippen LogP contribution in [0.5, 0.6) is 0 Å². The lowest BCUT2D eigenvalue weighted by atomic mass is 10.1. The van der Waals surface area contributed by atoms with Crippen LogP contribution in [0.1, 0.15) is 12.0 Å². The molecule has 0 aliphatic heterocycles. The van der Waals surface area contributed by atoms with E-state index >= 15 is 0 Å². The van der Waals surface area contributed by atoms with E-state index < -0.39 is 5.97 Å². The molecule has 0 fully saturated rings. The quantitative estimate of drug-likeness (QED) is 0.521. The first kappa shape index (κ1) is 18.1. The molecule has 140 valence electrons. The molecule has 7 heteroatoms. The molecule has 0 atom stereocenters. The fourth-order valence-electron chi connectivity index (χ4n) is 2.95. The van der Waals surface area contributed by atoms with Crippen molar-refractivity contribution in [2.75, 3.05) is 0 Å². The number of hydrogen-bond acceptors (Lipinski definition) is 4. The van der Waals surface area contributed by atoms with E-state index in [9.17, 15) is 9.59 Å². The molecule has 0 aliphatic rings. The van der Waals surface area contributed by atoms with Crippen LogP contribution in [0.4, 0.5) is 0 Å². The summed E-state index contributed by atoms with van der Waals surface area (Å²) in [6.07, 6.45) is 3.27. The van der Waals surface area contributed by atoms with Crippen molar-refractivity contribution < 1.29 is 9.90 Å². The maximum Gasteiger partial charge on any atom is 0.303 e. The minimum atomic E-state index is -0.940. The molecular formula is C21H17N3O3S. The van der Waals surface area contributed by atoms with Gasteiger partial charge in [0.15, 0.2) is 5.65 Å². The molecule has 6 nitrogen and oxygen atoms in total. The van der Waals surface area contributed by atoms with Crippen molar-refractivity contribution in [3.8, 4) is 11.1 Å². The maximum atomic E-state index is 12.5. The van der Waals surface area contributed by atoms with Crippen molar-refractivity contribution in [1.82, 2.24) is 14.6 Å². The number of aromatic amines is 1. The number of nitrogens with zero attached hydrogens (tertiary/aromatic N) is 2. The number of aliphatic carboxylic acids is 1. The summed E-state index contributed by atoms with van der Waals surface area (Å²) in [4.78, 5) is 30.0. The van der Waals surface area contributed by atoms with Gasteiger partial charge in [0.2, 0.25) is 0 Å². The lowest BCUT2D eigenvalue weighted by Crippen LogP contribution is -2.20. The zero-order valence-corrected chi connectivity index (χ0v) is 15.6. The van der Waals surface area contributed by atoms with Crippen molar-refractivity contribution in [3.63, 3.8) is 0 Å². The fraction of sp³-hybridized carbons (Fsp3) is 0.0952. The Morgan fingerprint density at radius 2 is 1.79 bits per heavy atom. The summed E-state index contributed by atoms with van der Waals surface area (Å²) in [7, 11) is 0. The molecule has 2 N–H and O–H groups in total. The highest BCUT2D eigenvalue weighted by atomic mass is 32.2. The van der Waals surface area contributed by atoms with Gasteiger partial charge >= 0.3 is 5.97 Å². The minimum Gasteiger partial charge on any atom is -0.481 e. The number of carbonyl (C=O) groups is 1. The molecule has 2 heterocycles. The second-order valence-corrected chi connectivity index (χ2v) is 7.41.